The number of carboxylic acids is 1. The molecule has 0 aliphatic carbocycles. The van der Waals surface area contributed by atoms with E-state index in [-0.39, 0.29) is 5.01 Å². The minimum absolute atomic E-state index is 0.149. The van der Waals surface area contributed by atoms with Crippen molar-refractivity contribution in [3.05, 3.63) is 38.5 Å². The van der Waals surface area contributed by atoms with Crippen LogP contribution in [0.1, 0.15) is 39.8 Å². The van der Waals surface area contributed by atoms with Crippen molar-refractivity contribution >= 4 is 28.6 Å². The van der Waals surface area contributed by atoms with Gasteiger partial charge in [-0.25, -0.2) is 9.78 Å². The first-order valence-electron chi connectivity index (χ1n) is 5.65. The number of aromatic nitrogens is 1. The maximum absolute atomic E-state index is 10.7. The minimum atomic E-state index is -0.962. The number of thiophene rings is 1. The summed E-state index contributed by atoms with van der Waals surface area (Å²) >= 11 is 2.89. The number of hydrogen-bond acceptors (Lipinski definition) is 5. The van der Waals surface area contributed by atoms with Crippen LogP contribution in [0, 0.1) is 0 Å². The number of nitrogens with one attached hydrogen (secondary N) is 1. The van der Waals surface area contributed by atoms with Gasteiger partial charge in [0.05, 0.1) is 5.69 Å². The predicted octanol–water partition coefficient (Wildman–Crippen LogP) is 3.14. The molecule has 0 saturated heterocycles. The first-order chi connectivity index (χ1) is 8.70. The monoisotopic (exact) mass is 282 g/mol. The number of thiazole rings is 1. The van der Waals surface area contributed by atoms with Crippen LogP contribution in [-0.2, 0) is 6.54 Å². The molecular weight excluding hydrogens is 268 g/mol. The van der Waals surface area contributed by atoms with Gasteiger partial charge in [-0.15, -0.1) is 22.7 Å². The molecule has 4 nitrogen and oxygen atoms in total. The molecule has 0 saturated carbocycles. The molecule has 1 unspecified atom stereocenters. The molecule has 0 bridgehead atoms. The Balaban J connectivity index is 1.95. The lowest BCUT2D eigenvalue weighted by molar-refractivity contribution is 0.0696. The number of carbonyl (C=O) groups is 1. The third-order valence-electron chi connectivity index (χ3n) is 2.56. The molecule has 2 N–H and O–H groups in total. The first-order valence-corrected chi connectivity index (χ1v) is 7.41. The largest absolute Gasteiger partial charge is 0.476 e. The predicted molar refractivity (Wildman–Crippen MR) is 73.3 cm³/mol. The van der Waals surface area contributed by atoms with Gasteiger partial charge in [0.25, 0.3) is 0 Å². The first kappa shape index (κ1) is 13.2. The Kier molecular flexibility index (Phi) is 4.46. The highest BCUT2D eigenvalue weighted by molar-refractivity contribution is 7.11. The van der Waals surface area contributed by atoms with Gasteiger partial charge in [0.15, 0.2) is 0 Å². The molecule has 2 rings (SSSR count). The number of aromatic carboxylic acids is 1. The molecule has 0 fully saturated rings. The quantitative estimate of drug-likeness (QED) is 0.854. The van der Waals surface area contributed by atoms with Crippen LogP contribution in [0.15, 0.2) is 22.9 Å². The van der Waals surface area contributed by atoms with Crippen LogP contribution in [-0.4, -0.2) is 16.1 Å². The van der Waals surface area contributed by atoms with Gasteiger partial charge < -0.3 is 10.4 Å². The zero-order valence-electron chi connectivity index (χ0n) is 9.92. The molecule has 0 aliphatic rings. The van der Waals surface area contributed by atoms with Gasteiger partial charge in [0, 0.05) is 22.8 Å². The summed E-state index contributed by atoms with van der Waals surface area (Å²) in [7, 11) is 0. The Labute approximate surface area is 113 Å². The van der Waals surface area contributed by atoms with Crippen molar-refractivity contribution in [1.29, 1.82) is 0 Å². The lowest BCUT2D eigenvalue weighted by Crippen LogP contribution is -2.19. The SMILES string of the molecule is CCC(NCc1csc(C(=O)O)n1)c1cccs1. The van der Waals surface area contributed by atoms with E-state index in [1.165, 1.54) is 16.2 Å². The van der Waals surface area contributed by atoms with Crippen molar-refractivity contribution in [2.75, 3.05) is 0 Å². The molecule has 0 amide bonds. The second-order valence-electron chi connectivity index (χ2n) is 3.81. The van der Waals surface area contributed by atoms with E-state index in [0.29, 0.717) is 12.6 Å². The lowest BCUT2D eigenvalue weighted by Gasteiger charge is -2.14. The molecule has 0 spiro atoms. The zero-order valence-corrected chi connectivity index (χ0v) is 11.6. The highest BCUT2D eigenvalue weighted by Gasteiger charge is 2.12. The van der Waals surface area contributed by atoms with Crippen molar-refractivity contribution in [1.82, 2.24) is 10.3 Å². The van der Waals surface area contributed by atoms with Gasteiger partial charge in [-0.1, -0.05) is 13.0 Å². The summed E-state index contributed by atoms with van der Waals surface area (Å²) in [5, 5.41) is 16.2. The molecule has 0 aromatic carbocycles. The van der Waals surface area contributed by atoms with E-state index < -0.39 is 5.97 Å². The van der Waals surface area contributed by atoms with Crippen LogP contribution in [0.2, 0.25) is 0 Å². The Bertz CT molecular complexity index is 508. The fourth-order valence-electron chi connectivity index (χ4n) is 1.65. The second kappa shape index (κ2) is 6.08. The number of nitrogens with zero attached hydrogens (tertiary/aromatic N) is 1. The van der Waals surface area contributed by atoms with Crippen LogP contribution in [0.4, 0.5) is 0 Å². The van der Waals surface area contributed by atoms with E-state index >= 15 is 0 Å². The average molecular weight is 282 g/mol. The van der Waals surface area contributed by atoms with Crippen LogP contribution in [0.25, 0.3) is 0 Å². The summed E-state index contributed by atoms with van der Waals surface area (Å²) in [6.45, 7) is 2.72. The van der Waals surface area contributed by atoms with Crippen LogP contribution < -0.4 is 5.32 Å². The van der Waals surface area contributed by atoms with Crippen molar-refractivity contribution in [2.24, 2.45) is 0 Å². The number of hydrogen-bond donors (Lipinski definition) is 2. The molecule has 2 aromatic rings. The lowest BCUT2D eigenvalue weighted by atomic mass is 10.2. The van der Waals surface area contributed by atoms with Crippen molar-refractivity contribution in [3.8, 4) is 0 Å². The van der Waals surface area contributed by atoms with Crippen molar-refractivity contribution in [2.45, 2.75) is 25.9 Å². The number of rotatable bonds is 6. The number of carboxylic acid groups (broad SMARTS) is 1. The van der Waals surface area contributed by atoms with Gasteiger partial charge in [-0.2, -0.15) is 0 Å². The van der Waals surface area contributed by atoms with Gasteiger partial charge >= 0.3 is 5.97 Å². The molecule has 96 valence electrons. The van der Waals surface area contributed by atoms with E-state index in [9.17, 15) is 4.79 Å². The summed E-state index contributed by atoms with van der Waals surface area (Å²) in [4.78, 5) is 16.1. The third kappa shape index (κ3) is 3.16. The summed E-state index contributed by atoms with van der Waals surface area (Å²) < 4.78 is 0. The highest BCUT2D eigenvalue weighted by atomic mass is 32.1. The van der Waals surface area contributed by atoms with E-state index in [1.54, 1.807) is 16.7 Å². The molecule has 0 aliphatic heterocycles. The minimum Gasteiger partial charge on any atom is -0.476 e. The maximum Gasteiger partial charge on any atom is 0.365 e. The van der Waals surface area contributed by atoms with E-state index in [4.69, 9.17) is 5.11 Å². The van der Waals surface area contributed by atoms with E-state index in [2.05, 4.69) is 28.7 Å². The molecule has 2 aromatic heterocycles. The normalized spacial score (nSPS) is 12.5. The van der Waals surface area contributed by atoms with Gasteiger partial charge in [-0.05, 0) is 17.9 Å². The fraction of sp³-hybridized carbons (Fsp3) is 0.333. The standard InChI is InChI=1S/C12H14N2O2S2/c1-2-9(10-4-3-5-17-10)13-6-8-7-18-11(14-8)12(15)16/h3-5,7,9,13H,2,6H2,1H3,(H,15,16). The highest BCUT2D eigenvalue weighted by Crippen LogP contribution is 2.22. The summed E-state index contributed by atoms with van der Waals surface area (Å²) in [5.41, 5.74) is 0.785. The van der Waals surface area contributed by atoms with Crippen molar-refractivity contribution in [3.63, 3.8) is 0 Å². The Morgan fingerprint density at radius 1 is 1.56 bits per heavy atom. The molecule has 18 heavy (non-hydrogen) atoms. The van der Waals surface area contributed by atoms with Gasteiger partial charge in [-0.3, -0.25) is 0 Å². The van der Waals surface area contributed by atoms with E-state index in [1.807, 2.05) is 6.07 Å². The third-order valence-corrected chi connectivity index (χ3v) is 4.42. The molecule has 2 heterocycles. The van der Waals surface area contributed by atoms with Crippen LogP contribution in [0.3, 0.4) is 0 Å². The van der Waals surface area contributed by atoms with Crippen LogP contribution in [0.5, 0.6) is 0 Å². The van der Waals surface area contributed by atoms with Gasteiger partial charge in [0.1, 0.15) is 0 Å². The summed E-state index contributed by atoms with van der Waals surface area (Å²) in [5.74, 6) is -0.962. The zero-order chi connectivity index (χ0) is 13.0. The maximum atomic E-state index is 10.7. The molecule has 6 heteroatoms. The summed E-state index contributed by atoms with van der Waals surface area (Å²) in [6.07, 6.45) is 0.996. The fourth-order valence-corrected chi connectivity index (χ4v) is 3.19. The Morgan fingerprint density at radius 2 is 2.39 bits per heavy atom. The molecule has 1 atom stereocenters. The topological polar surface area (TPSA) is 62.2 Å². The van der Waals surface area contributed by atoms with Crippen LogP contribution >= 0.6 is 22.7 Å². The van der Waals surface area contributed by atoms with Gasteiger partial charge in [0.2, 0.25) is 5.01 Å². The molecule has 0 radical (unpaired) electrons. The second-order valence-corrected chi connectivity index (χ2v) is 5.64. The van der Waals surface area contributed by atoms with E-state index in [0.717, 1.165) is 12.1 Å². The smallest absolute Gasteiger partial charge is 0.365 e. The average Bonchev–Trinajstić information content (AvgIpc) is 3.00. The Morgan fingerprint density at radius 3 is 2.94 bits per heavy atom. The van der Waals surface area contributed by atoms with Crippen molar-refractivity contribution < 1.29 is 9.90 Å². The molecular formula is C12H14N2O2S2. The Hall–Kier alpha value is -1.24. The summed E-state index contributed by atoms with van der Waals surface area (Å²) in [6, 6.07) is 4.45.